The van der Waals surface area contributed by atoms with E-state index >= 15 is 0 Å². The Kier molecular flexibility index (Phi) is 6.74. The number of likely N-dealkylation sites (tertiary alicyclic amines) is 1. The van der Waals surface area contributed by atoms with E-state index in [1.165, 1.54) is 0 Å². The van der Waals surface area contributed by atoms with Crippen molar-refractivity contribution in [2.45, 2.75) is 31.4 Å². The molecule has 170 valence electrons. The Hall–Kier alpha value is -2.94. The second-order valence-electron chi connectivity index (χ2n) is 8.26. The van der Waals surface area contributed by atoms with Crippen LogP contribution < -0.4 is 20.9 Å². The Bertz CT molecular complexity index is 990. The van der Waals surface area contributed by atoms with Crippen LogP contribution in [0, 0.1) is 0 Å². The van der Waals surface area contributed by atoms with E-state index < -0.39 is 6.10 Å². The SMILES string of the molecule is CCNC(=O)c1cccc([C@H]2CC(O)CN2C(=O)c2ccc(C3CNNC3)c(OC)c2)c1. The molecule has 0 aliphatic carbocycles. The maximum Gasteiger partial charge on any atom is 0.254 e. The summed E-state index contributed by atoms with van der Waals surface area (Å²) in [6.45, 7) is 4.25. The second-order valence-corrected chi connectivity index (χ2v) is 8.26. The zero-order valence-electron chi connectivity index (χ0n) is 18.4. The highest BCUT2D eigenvalue weighted by atomic mass is 16.5. The molecule has 2 saturated heterocycles. The molecule has 2 fully saturated rings. The van der Waals surface area contributed by atoms with Crippen molar-refractivity contribution in [2.24, 2.45) is 0 Å². The van der Waals surface area contributed by atoms with Crippen molar-refractivity contribution in [1.29, 1.82) is 0 Å². The molecule has 0 saturated carbocycles. The van der Waals surface area contributed by atoms with Crippen molar-refractivity contribution in [1.82, 2.24) is 21.1 Å². The van der Waals surface area contributed by atoms with Gasteiger partial charge >= 0.3 is 0 Å². The number of hydrogen-bond donors (Lipinski definition) is 4. The van der Waals surface area contributed by atoms with E-state index in [2.05, 4.69) is 16.2 Å². The summed E-state index contributed by atoms with van der Waals surface area (Å²) in [6, 6.07) is 12.5. The number of carbonyl (C=O) groups is 2. The lowest BCUT2D eigenvalue weighted by molar-refractivity contribution is 0.0715. The third-order valence-electron chi connectivity index (χ3n) is 6.15. The lowest BCUT2D eigenvalue weighted by Gasteiger charge is -2.26. The minimum absolute atomic E-state index is 0.151. The average molecular weight is 439 g/mol. The lowest BCUT2D eigenvalue weighted by Crippen LogP contribution is -2.32. The molecule has 4 N–H and O–H groups in total. The van der Waals surface area contributed by atoms with Crippen LogP contribution in [0.1, 0.15) is 57.1 Å². The van der Waals surface area contributed by atoms with Crippen molar-refractivity contribution in [3.05, 3.63) is 64.7 Å². The number of carbonyl (C=O) groups excluding carboxylic acids is 2. The van der Waals surface area contributed by atoms with Gasteiger partial charge in [-0.05, 0) is 48.7 Å². The molecular formula is C24H30N4O4. The number of nitrogens with one attached hydrogen (secondary N) is 3. The molecule has 8 heteroatoms. The zero-order valence-corrected chi connectivity index (χ0v) is 18.4. The Morgan fingerprint density at radius 3 is 2.66 bits per heavy atom. The summed E-state index contributed by atoms with van der Waals surface area (Å²) in [5.74, 6) is 0.637. The largest absolute Gasteiger partial charge is 0.496 e. The molecule has 32 heavy (non-hydrogen) atoms. The summed E-state index contributed by atoms with van der Waals surface area (Å²) in [6.07, 6.45) is -0.187. The molecule has 2 amide bonds. The predicted molar refractivity (Wildman–Crippen MR) is 121 cm³/mol. The topological polar surface area (TPSA) is 103 Å². The van der Waals surface area contributed by atoms with Crippen LogP contribution in [0.2, 0.25) is 0 Å². The van der Waals surface area contributed by atoms with Gasteiger partial charge in [0.2, 0.25) is 0 Å². The molecule has 1 unspecified atom stereocenters. The fraction of sp³-hybridized carbons (Fsp3) is 0.417. The number of methoxy groups -OCH3 is 1. The van der Waals surface area contributed by atoms with E-state index in [-0.39, 0.29) is 30.3 Å². The summed E-state index contributed by atoms with van der Waals surface area (Å²) in [7, 11) is 1.61. The number of benzene rings is 2. The van der Waals surface area contributed by atoms with Crippen molar-refractivity contribution in [3.63, 3.8) is 0 Å². The van der Waals surface area contributed by atoms with E-state index in [1.807, 2.05) is 31.2 Å². The first-order chi connectivity index (χ1) is 15.5. The quantitative estimate of drug-likeness (QED) is 0.546. The fourth-order valence-electron chi connectivity index (χ4n) is 4.53. The number of aliphatic hydroxyl groups excluding tert-OH is 1. The number of hydrazine groups is 1. The monoisotopic (exact) mass is 438 g/mol. The maximum atomic E-state index is 13.5. The average Bonchev–Trinajstić information content (AvgIpc) is 3.48. The number of ether oxygens (including phenoxy) is 1. The second kappa shape index (κ2) is 9.68. The molecule has 2 heterocycles. The number of amides is 2. The highest BCUT2D eigenvalue weighted by Gasteiger charge is 2.36. The molecule has 8 nitrogen and oxygen atoms in total. The summed E-state index contributed by atoms with van der Waals surface area (Å²) in [5, 5.41) is 13.2. The van der Waals surface area contributed by atoms with Gasteiger partial charge < -0.3 is 20.1 Å². The summed E-state index contributed by atoms with van der Waals surface area (Å²) >= 11 is 0. The normalized spacial score (nSPS) is 21.0. The third-order valence-corrected chi connectivity index (χ3v) is 6.15. The Labute approximate surface area is 187 Å². The minimum Gasteiger partial charge on any atom is -0.496 e. The summed E-state index contributed by atoms with van der Waals surface area (Å²) < 4.78 is 5.59. The van der Waals surface area contributed by atoms with Crippen molar-refractivity contribution < 1.29 is 19.4 Å². The van der Waals surface area contributed by atoms with Crippen LogP contribution in [0.15, 0.2) is 42.5 Å². The molecule has 2 aromatic carbocycles. The van der Waals surface area contributed by atoms with Gasteiger partial charge in [0.1, 0.15) is 5.75 Å². The zero-order chi connectivity index (χ0) is 22.7. The van der Waals surface area contributed by atoms with Crippen LogP contribution in [0.4, 0.5) is 0 Å². The van der Waals surface area contributed by atoms with Crippen LogP contribution in [0.3, 0.4) is 0 Å². The first-order valence-corrected chi connectivity index (χ1v) is 11.0. The van der Waals surface area contributed by atoms with Gasteiger partial charge in [-0.1, -0.05) is 18.2 Å². The number of β-amino-alcohol motifs (C(OH)–C–C–N with tert-alkyl or cyclic N) is 1. The van der Waals surface area contributed by atoms with E-state index in [9.17, 15) is 14.7 Å². The molecule has 2 atom stereocenters. The van der Waals surface area contributed by atoms with Gasteiger partial charge in [0.05, 0.1) is 19.3 Å². The smallest absolute Gasteiger partial charge is 0.254 e. The fourth-order valence-corrected chi connectivity index (χ4v) is 4.53. The van der Waals surface area contributed by atoms with Gasteiger partial charge in [-0.25, -0.2) is 0 Å². The minimum atomic E-state index is -0.617. The van der Waals surface area contributed by atoms with Crippen LogP contribution in [-0.2, 0) is 0 Å². The van der Waals surface area contributed by atoms with Crippen LogP contribution in [0.5, 0.6) is 5.75 Å². The molecule has 0 radical (unpaired) electrons. The predicted octanol–water partition coefficient (Wildman–Crippen LogP) is 1.58. The van der Waals surface area contributed by atoms with Gasteiger partial charge in [-0.2, -0.15) is 0 Å². The van der Waals surface area contributed by atoms with Gasteiger partial charge in [0, 0.05) is 43.2 Å². The Morgan fingerprint density at radius 1 is 1.16 bits per heavy atom. The van der Waals surface area contributed by atoms with E-state index in [1.54, 1.807) is 30.2 Å². The van der Waals surface area contributed by atoms with Gasteiger partial charge in [0.25, 0.3) is 11.8 Å². The molecule has 4 rings (SSSR count). The molecule has 2 aliphatic heterocycles. The maximum absolute atomic E-state index is 13.5. The molecule has 0 spiro atoms. The lowest BCUT2D eigenvalue weighted by atomic mass is 9.97. The highest BCUT2D eigenvalue weighted by molar-refractivity contribution is 5.96. The van der Waals surface area contributed by atoms with Gasteiger partial charge in [0.15, 0.2) is 0 Å². The van der Waals surface area contributed by atoms with Crippen molar-refractivity contribution in [3.8, 4) is 5.75 Å². The first-order valence-electron chi connectivity index (χ1n) is 11.0. The standard InChI is InChI=1S/C24H30N4O4/c1-3-25-23(30)16-6-4-5-15(9-16)21-11-19(29)14-28(21)24(31)17-7-8-20(22(10-17)32-2)18-12-26-27-13-18/h4-10,18-19,21,26-27,29H,3,11-14H2,1-2H3,(H,25,30)/t19?,21-/m1/s1. The molecular weight excluding hydrogens is 408 g/mol. The highest BCUT2D eigenvalue weighted by Crippen LogP contribution is 2.35. The van der Waals surface area contributed by atoms with E-state index in [0.717, 1.165) is 24.2 Å². The number of hydrogen-bond acceptors (Lipinski definition) is 6. The number of rotatable bonds is 6. The summed E-state index contributed by atoms with van der Waals surface area (Å²) in [5.41, 5.74) is 9.18. The van der Waals surface area contributed by atoms with Crippen LogP contribution >= 0.6 is 0 Å². The van der Waals surface area contributed by atoms with Crippen LogP contribution in [-0.4, -0.2) is 61.2 Å². The molecule has 2 aromatic rings. The number of aliphatic hydroxyl groups is 1. The molecule has 2 aliphatic rings. The molecule has 0 aromatic heterocycles. The van der Waals surface area contributed by atoms with E-state index in [4.69, 9.17) is 4.74 Å². The van der Waals surface area contributed by atoms with Crippen molar-refractivity contribution >= 4 is 11.8 Å². The third kappa shape index (κ3) is 4.48. The van der Waals surface area contributed by atoms with Crippen LogP contribution in [0.25, 0.3) is 0 Å². The van der Waals surface area contributed by atoms with Gasteiger partial charge in [-0.3, -0.25) is 20.4 Å². The Morgan fingerprint density at radius 2 is 1.94 bits per heavy atom. The summed E-state index contributed by atoms with van der Waals surface area (Å²) in [4.78, 5) is 27.4. The first kappa shape index (κ1) is 22.3. The van der Waals surface area contributed by atoms with Gasteiger partial charge in [-0.15, -0.1) is 0 Å². The Balaban J connectivity index is 1.60. The molecule has 0 bridgehead atoms. The number of nitrogens with zero attached hydrogens (tertiary/aromatic N) is 1. The van der Waals surface area contributed by atoms with Crippen molar-refractivity contribution in [2.75, 3.05) is 33.3 Å². The van der Waals surface area contributed by atoms with E-state index in [0.29, 0.717) is 29.8 Å².